The third kappa shape index (κ3) is 4.36. The van der Waals surface area contributed by atoms with E-state index in [1.54, 1.807) is 7.11 Å². The quantitative estimate of drug-likeness (QED) is 0.256. The first-order chi connectivity index (χ1) is 16.7. The van der Waals surface area contributed by atoms with Gasteiger partial charge in [0.25, 0.3) is 0 Å². The molecule has 0 aliphatic rings. The molecule has 5 rings (SSSR count). The Balaban J connectivity index is 1.43. The molecule has 0 aliphatic carbocycles. The normalized spacial score (nSPS) is 12.2. The lowest BCUT2D eigenvalue weighted by Gasteiger charge is -2.16. The molecule has 34 heavy (non-hydrogen) atoms. The molecule has 0 saturated heterocycles. The van der Waals surface area contributed by atoms with E-state index >= 15 is 0 Å². The maximum absolute atomic E-state index is 6.09. The van der Waals surface area contributed by atoms with Crippen molar-refractivity contribution < 1.29 is 9.47 Å². The predicted octanol–water partition coefficient (Wildman–Crippen LogP) is 6.99. The summed E-state index contributed by atoms with van der Waals surface area (Å²) >= 11 is 0. The van der Waals surface area contributed by atoms with E-state index in [0.29, 0.717) is 6.61 Å². The Hall–Kier alpha value is -3.79. The average molecular weight is 451 g/mol. The molecule has 0 spiro atoms. The Kier molecular flexibility index (Phi) is 6.22. The maximum atomic E-state index is 6.09. The van der Waals surface area contributed by atoms with Crippen LogP contribution in [0.4, 0.5) is 0 Å². The highest BCUT2D eigenvalue weighted by atomic mass is 16.5. The minimum absolute atomic E-state index is 0.141. The van der Waals surface area contributed by atoms with Gasteiger partial charge in [-0.2, -0.15) is 0 Å². The van der Waals surface area contributed by atoms with Gasteiger partial charge in [0.05, 0.1) is 24.7 Å². The van der Waals surface area contributed by atoms with Gasteiger partial charge in [0.1, 0.15) is 23.9 Å². The molecule has 1 unspecified atom stereocenters. The number of methoxy groups -OCH3 is 1. The SMILES string of the molecule is CCc1ccc(OCCn2c(C(C)c3ccc4cc(OC)ccc4c3)nc3ccccc32)cc1. The molecule has 0 amide bonds. The van der Waals surface area contributed by atoms with Gasteiger partial charge >= 0.3 is 0 Å². The fourth-order valence-corrected chi connectivity index (χ4v) is 4.52. The zero-order valence-corrected chi connectivity index (χ0v) is 20.0. The Morgan fingerprint density at radius 3 is 2.38 bits per heavy atom. The first-order valence-corrected chi connectivity index (χ1v) is 11.9. The molecule has 1 aromatic heterocycles. The monoisotopic (exact) mass is 450 g/mol. The molecule has 4 heteroatoms. The molecule has 0 aliphatic heterocycles. The zero-order chi connectivity index (χ0) is 23.5. The number of ether oxygens (including phenoxy) is 2. The van der Waals surface area contributed by atoms with Gasteiger partial charge in [0.2, 0.25) is 0 Å². The Bertz CT molecular complexity index is 1420. The third-order valence-corrected chi connectivity index (χ3v) is 6.56. The van der Waals surface area contributed by atoms with Gasteiger partial charge in [-0.15, -0.1) is 0 Å². The van der Waals surface area contributed by atoms with Gasteiger partial charge in [-0.1, -0.05) is 62.4 Å². The van der Waals surface area contributed by atoms with Gasteiger partial charge in [-0.25, -0.2) is 4.98 Å². The van der Waals surface area contributed by atoms with Crippen LogP contribution in [0.25, 0.3) is 21.8 Å². The third-order valence-electron chi connectivity index (χ3n) is 6.56. The number of aromatic nitrogens is 2. The van der Waals surface area contributed by atoms with E-state index in [-0.39, 0.29) is 5.92 Å². The van der Waals surface area contributed by atoms with Crippen LogP contribution in [0.2, 0.25) is 0 Å². The van der Waals surface area contributed by atoms with Gasteiger partial charge < -0.3 is 14.0 Å². The van der Waals surface area contributed by atoms with Gasteiger partial charge in [-0.05, 0) is 64.7 Å². The molecule has 5 aromatic rings. The highest BCUT2D eigenvalue weighted by Gasteiger charge is 2.18. The largest absolute Gasteiger partial charge is 0.497 e. The van der Waals surface area contributed by atoms with Crippen LogP contribution in [-0.2, 0) is 13.0 Å². The molecule has 4 aromatic carbocycles. The Morgan fingerprint density at radius 1 is 0.853 bits per heavy atom. The topological polar surface area (TPSA) is 36.3 Å². The van der Waals surface area contributed by atoms with Crippen LogP contribution in [0.1, 0.15) is 36.7 Å². The van der Waals surface area contributed by atoms with Crippen molar-refractivity contribution in [1.29, 1.82) is 0 Å². The van der Waals surface area contributed by atoms with Gasteiger partial charge in [0, 0.05) is 5.92 Å². The molecule has 1 heterocycles. The number of benzene rings is 4. The lowest BCUT2D eigenvalue weighted by molar-refractivity contribution is 0.298. The second-order valence-corrected chi connectivity index (χ2v) is 8.65. The van der Waals surface area contributed by atoms with Crippen LogP contribution >= 0.6 is 0 Å². The van der Waals surface area contributed by atoms with Gasteiger partial charge in [0.15, 0.2) is 0 Å². The first kappa shape index (κ1) is 22.0. The first-order valence-electron chi connectivity index (χ1n) is 11.9. The average Bonchev–Trinajstić information content (AvgIpc) is 3.26. The van der Waals surface area contributed by atoms with E-state index in [1.807, 2.05) is 12.1 Å². The predicted molar refractivity (Wildman–Crippen MR) is 139 cm³/mol. The lowest BCUT2D eigenvalue weighted by atomic mass is 9.97. The van der Waals surface area contributed by atoms with E-state index < -0.39 is 0 Å². The van der Waals surface area contributed by atoms with Crippen LogP contribution in [0, 0.1) is 0 Å². The summed E-state index contributed by atoms with van der Waals surface area (Å²) in [6, 6.07) is 29.5. The van der Waals surface area contributed by atoms with Crippen LogP contribution in [0.15, 0.2) is 84.9 Å². The number of para-hydroxylation sites is 2. The standard InChI is InChI=1S/C30H30N2O2/c1-4-22-9-14-26(15-10-22)34-18-17-32-29-8-6-5-7-28(29)31-30(32)21(2)23-11-12-25-20-27(33-3)16-13-24(25)19-23/h5-16,19-21H,4,17-18H2,1-3H3. The lowest BCUT2D eigenvalue weighted by Crippen LogP contribution is -2.13. The van der Waals surface area contributed by atoms with Crippen LogP contribution < -0.4 is 9.47 Å². The van der Waals surface area contributed by atoms with Crippen molar-refractivity contribution in [2.45, 2.75) is 32.7 Å². The second-order valence-electron chi connectivity index (χ2n) is 8.65. The number of fused-ring (bicyclic) bond motifs is 2. The van der Waals surface area contributed by atoms with Crippen molar-refractivity contribution >= 4 is 21.8 Å². The highest BCUT2D eigenvalue weighted by Crippen LogP contribution is 2.30. The van der Waals surface area contributed by atoms with Crippen molar-refractivity contribution in [2.75, 3.05) is 13.7 Å². The zero-order valence-electron chi connectivity index (χ0n) is 20.0. The summed E-state index contributed by atoms with van der Waals surface area (Å²) in [4.78, 5) is 5.03. The second kappa shape index (κ2) is 9.60. The van der Waals surface area contributed by atoms with E-state index in [1.165, 1.54) is 21.9 Å². The summed E-state index contributed by atoms with van der Waals surface area (Å²) in [5.74, 6) is 2.97. The molecule has 0 radical (unpaired) electrons. The Morgan fingerprint density at radius 2 is 1.59 bits per heavy atom. The summed E-state index contributed by atoms with van der Waals surface area (Å²) in [6.45, 7) is 5.71. The Labute approximate surface area is 200 Å². The van der Waals surface area contributed by atoms with Crippen molar-refractivity contribution in [3.8, 4) is 11.5 Å². The maximum Gasteiger partial charge on any atom is 0.119 e. The summed E-state index contributed by atoms with van der Waals surface area (Å²) < 4.78 is 13.8. The minimum Gasteiger partial charge on any atom is -0.497 e. The molecule has 0 N–H and O–H groups in total. The number of rotatable bonds is 8. The summed E-state index contributed by atoms with van der Waals surface area (Å²) in [5.41, 5.74) is 4.71. The van der Waals surface area contributed by atoms with Crippen molar-refractivity contribution in [3.05, 3.63) is 102 Å². The number of hydrogen-bond acceptors (Lipinski definition) is 3. The molecule has 0 fully saturated rings. The van der Waals surface area contributed by atoms with Crippen LogP contribution in [0.3, 0.4) is 0 Å². The number of aryl methyl sites for hydroxylation is 1. The molecule has 4 nitrogen and oxygen atoms in total. The summed E-state index contributed by atoms with van der Waals surface area (Å²) in [6.07, 6.45) is 1.03. The number of hydrogen-bond donors (Lipinski definition) is 0. The van der Waals surface area contributed by atoms with E-state index in [0.717, 1.165) is 41.3 Å². The number of imidazole rings is 1. The van der Waals surface area contributed by atoms with Crippen LogP contribution in [-0.4, -0.2) is 23.3 Å². The van der Waals surface area contributed by atoms with Gasteiger partial charge in [-0.3, -0.25) is 0 Å². The van der Waals surface area contributed by atoms with Crippen molar-refractivity contribution in [2.24, 2.45) is 0 Å². The molecular formula is C30H30N2O2. The van der Waals surface area contributed by atoms with E-state index in [4.69, 9.17) is 14.5 Å². The molecule has 0 saturated carbocycles. The van der Waals surface area contributed by atoms with E-state index in [2.05, 4.69) is 91.2 Å². The summed E-state index contributed by atoms with van der Waals surface area (Å²) in [5, 5.41) is 2.37. The smallest absolute Gasteiger partial charge is 0.119 e. The van der Waals surface area contributed by atoms with Crippen molar-refractivity contribution in [1.82, 2.24) is 9.55 Å². The van der Waals surface area contributed by atoms with Crippen LogP contribution in [0.5, 0.6) is 11.5 Å². The summed E-state index contributed by atoms with van der Waals surface area (Å²) in [7, 11) is 1.70. The number of nitrogens with zero attached hydrogens (tertiary/aromatic N) is 2. The van der Waals surface area contributed by atoms with Crippen molar-refractivity contribution in [3.63, 3.8) is 0 Å². The fraction of sp³-hybridized carbons (Fsp3) is 0.233. The molecule has 0 bridgehead atoms. The minimum atomic E-state index is 0.141. The highest BCUT2D eigenvalue weighted by molar-refractivity contribution is 5.85. The fourth-order valence-electron chi connectivity index (χ4n) is 4.52. The molecule has 172 valence electrons. The van der Waals surface area contributed by atoms with E-state index in [9.17, 15) is 0 Å². The molecular weight excluding hydrogens is 420 g/mol. The molecule has 1 atom stereocenters.